The smallest absolute Gasteiger partial charge is 0.177 e. The van der Waals surface area contributed by atoms with E-state index in [1.165, 1.54) is 6.20 Å². The molecule has 7 N–H and O–H groups in total. The Hall–Kier alpha value is -3.42. The lowest BCUT2D eigenvalue weighted by molar-refractivity contribution is 0.151. The van der Waals surface area contributed by atoms with Crippen molar-refractivity contribution in [3.05, 3.63) is 72.6 Å². The third kappa shape index (κ3) is 8.48. The van der Waals surface area contributed by atoms with Gasteiger partial charge in [-0.25, -0.2) is 4.99 Å². The van der Waals surface area contributed by atoms with Crippen LogP contribution in [-0.2, 0) is 9.57 Å². The fraction of sp³-hybridized carbons (Fsp3) is 0.263. The molecule has 146 valence electrons. The molecule has 0 aromatic heterocycles. The Morgan fingerprint density at radius 2 is 1.93 bits per heavy atom. The van der Waals surface area contributed by atoms with E-state index < -0.39 is 0 Å². The second-order valence-corrected chi connectivity index (χ2v) is 5.52. The monoisotopic (exact) mass is 372 g/mol. The van der Waals surface area contributed by atoms with Gasteiger partial charge in [0.1, 0.15) is 12.4 Å². The van der Waals surface area contributed by atoms with Crippen molar-refractivity contribution < 1.29 is 9.57 Å². The summed E-state index contributed by atoms with van der Waals surface area (Å²) < 4.78 is 5.60. The Morgan fingerprint density at radius 3 is 2.52 bits per heavy atom. The van der Waals surface area contributed by atoms with Gasteiger partial charge in [0, 0.05) is 18.3 Å². The molecular formula is C19H28N6O2. The Morgan fingerprint density at radius 1 is 1.22 bits per heavy atom. The molecule has 1 aromatic rings. The first-order valence-electron chi connectivity index (χ1n) is 8.53. The van der Waals surface area contributed by atoms with Crippen LogP contribution in [0.3, 0.4) is 0 Å². The van der Waals surface area contributed by atoms with Gasteiger partial charge in [-0.2, -0.15) is 0 Å². The number of oxime groups is 1. The average Bonchev–Trinajstić information content (AvgIpc) is 2.66. The van der Waals surface area contributed by atoms with Crippen LogP contribution in [0, 0.1) is 0 Å². The minimum Gasteiger partial charge on any atom is -0.480 e. The highest BCUT2D eigenvalue weighted by Gasteiger charge is 2.10. The molecule has 0 aliphatic heterocycles. The summed E-state index contributed by atoms with van der Waals surface area (Å²) in [6.07, 6.45) is 3.25. The number of hydrogen-bond acceptors (Lipinski definition) is 6. The van der Waals surface area contributed by atoms with Gasteiger partial charge in [0.05, 0.1) is 0 Å². The molecule has 0 saturated heterocycles. The fourth-order valence-corrected chi connectivity index (χ4v) is 1.86. The van der Waals surface area contributed by atoms with Gasteiger partial charge < -0.3 is 32.1 Å². The fourth-order valence-electron chi connectivity index (χ4n) is 1.86. The number of unbranched alkanes of at least 4 members (excludes halogenated alkanes) is 1. The largest absolute Gasteiger partial charge is 0.480 e. The van der Waals surface area contributed by atoms with Gasteiger partial charge in [0.15, 0.2) is 23.2 Å². The van der Waals surface area contributed by atoms with Gasteiger partial charge in [0.2, 0.25) is 0 Å². The summed E-state index contributed by atoms with van der Waals surface area (Å²) in [5.74, 6) is 1.29. The van der Waals surface area contributed by atoms with Crippen LogP contribution in [0.15, 0.2) is 77.2 Å². The van der Waals surface area contributed by atoms with E-state index in [1.807, 2.05) is 30.3 Å². The molecule has 0 saturated carbocycles. The third-order valence-corrected chi connectivity index (χ3v) is 3.19. The number of aliphatic imine (C=N–C) groups is 1. The first kappa shape index (κ1) is 21.6. The predicted octanol–water partition coefficient (Wildman–Crippen LogP) is 1.87. The molecule has 0 aliphatic carbocycles. The SMILES string of the molecule is C=C(N)/N=C(NCCCC)\C(=C/N)OCC(=C)O/N=C(\N)c1ccccc1. The zero-order valence-electron chi connectivity index (χ0n) is 15.6. The van der Waals surface area contributed by atoms with Crippen LogP contribution in [0.4, 0.5) is 0 Å². The molecule has 0 bridgehead atoms. The van der Waals surface area contributed by atoms with Crippen LogP contribution < -0.4 is 22.5 Å². The topological polar surface area (TPSA) is 133 Å². The Kier molecular flexibility index (Phi) is 9.62. The van der Waals surface area contributed by atoms with Crippen molar-refractivity contribution in [2.75, 3.05) is 13.2 Å². The molecule has 8 heteroatoms. The number of amidine groups is 2. The molecule has 0 fully saturated rings. The number of hydrogen-bond donors (Lipinski definition) is 4. The Bertz CT molecular complexity index is 710. The highest BCUT2D eigenvalue weighted by atomic mass is 16.6. The van der Waals surface area contributed by atoms with Crippen LogP contribution in [0.2, 0.25) is 0 Å². The zero-order chi connectivity index (χ0) is 20.1. The molecular weight excluding hydrogens is 344 g/mol. The summed E-state index contributed by atoms with van der Waals surface area (Å²) in [5, 5.41) is 6.95. The first-order valence-corrected chi connectivity index (χ1v) is 8.53. The Labute approximate surface area is 160 Å². The van der Waals surface area contributed by atoms with Crippen LogP contribution in [0.5, 0.6) is 0 Å². The van der Waals surface area contributed by atoms with Crippen LogP contribution in [0.25, 0.3) is 0 Å². The molecule has 1 aromatic carbocycles. The highest BCUT2D eigenvalue weighted by molar-refractivity contribution is 5.97. The quantitative estimate of drug-likeness (QED) is 0.154. The normalized spacial score (nSPS) is 12.4. The van der Waals surface area contributed by atoms with E-state index in [0.29, 0.717) is 18.1 Å². The summed E-state index contributed by atoms with van der Waals surface area (Å²) >= 11 is 0. The highest BCUT2D eigenvalue weighted by Crippen LogP contribution is 2.06. The summed E-state index contributed by atoms with van der Waals surface area (Å²) in [7, 11) is 0. The number of nitrogens with one attached hydrogen (secondary N) is 1. The second-order valence-electron chi connectivity index (χ2n) is 5.52. The van der Waals surface area contributed by atoms with Crippen molar-refractivity contribution in [2.45, 2.75) is 19.8 Å². The number of nitrogens with two attached hydrogens (primary N) is 3. The van der Waals surface area contributed by atoms with Gasteiger partial charge in [-0.15, -0.1) is 0 Å². The summed E-state index contributed by atoms with van der Waals surface area (Å²) in [6.45, 7) is 10.1. The lowest BCUT2D eigenvalue weighted by atomic mass is 10.2. The van der Waals surface area contributed by atoms with E-state index in [9.17, 15) is 0 Å². The van der Waals surface area contributed by atoms with E-state index in [0.717, 1.165) is 18.4 Å². The van der Waals surface area contributed by atoms with Crippen molar-refractivity contribution in [3.63, 3.8) is 0 Å². The summed E-state index contributed by atoms with van der Waals surface area (Å²) in [6, 6.07) is 9.23. The van der Waals surface area contributed by atoms with E-state index in [2.05, 4.69) is 35.5 Å². The standard InChI is InChI=1S/C19H28N6O2/c1-4-5-11-23-19(24-15(3)21)17(12-20)26-13-14(2)27-25-18(22)16-9-7-6-8-10-16/h6-10,12H,2-5,11,13,20-21H2,1H3,(H2,22,25)(H,23,24)/b17-12+. The minimum atomic E-state index is 0.000127. The Balaban J connectivity index is 2.63. The number of rotatable bonds is 11. The van der Waals surface area contributed by atoms with Gasteiger partial charge in [-0.1, -0.05) is 62.0 Å². The minimum absolute atomic E-state index is 0.000127. The number of nitrogens with zero attached hydrogens (tertiary/aromatic N) is 2. The molecule has 27 heavy (non-hydrogen) atoms. The molecule has 0 radical (unpaired) electrons. The van der Waals surface area contributed by atoms with Crippen molar-refractivity contribution in [3.8, 4) is 0 Å². The number of benzene rings is 1. The van der Waals surface area contributed by atoms with Crippen molar-refractivity contribution in [1.29, 1.82) is 0 Å². The van der Waals surface area contributed by atoms with E-state index in [4.69, 9.17) is 26.8 Å². The van der Waals surface area contributed by atoms with Gasteiger partial charge >= 0.3 is 0 Å². The molecule has 0 atom stereocenters. The van der Waals surface area contributed by atoms with Gasteiger partial charge in [-0.3, -0.25) is 0 Å². The van der Waals surface area contributed by atoms with E-state index >= 15 is 0 Å². The van der Waals surface area contributed by atoms with Gasteiger partial charge in [0.25, 0.3) is 0 Å². The molecule has 0 amide bonds. The van der Waals surface area contributed by atoms with Crippen molar-refractivity contribution >= 4 is 11.7 Å². The molecule has 8 nitrogen and oxygen atoms in total. The predicted molar refractivity (Wildman–Crippen MR) is 109 cm³/mol. The number of ether oxygens (including phenoxy) is 1. The first-order chi connectivity index (χ1) is 13.0. The molecule has 0 unspecified atom stereocenters. The molecule has 0 aliphatic rings. The average molecular weight is 372 g/mol. The molecule has 0 spiro atoms. The third-order valence-electron chi connectivity index (χ3n) is 3.19. The summed E-state index contributed by atoms with van der Waals surface area (Å²) in [5.41, 5.74) is 17.8. The van der Waals surface area contributed by atoms with Gasteiger partial charge in [-0.05, 0) is 6.42 Å². The van der Waals surface area contributed by atoms with Crippen LogP contribution >= 0.6 is 0 Å². The summed E-state index contributed by atoms with van der Waals surface area (Å²) in [4.78, 5) is 9.29. The van der Waals surface area contributed by atoms with Crippen LogP contribution in [0.1, 0.15) is 25.3 Å². The van der Waals surface area contributed by atoms with Crippen LogP contribution in [-0.4, -0.2) is 24.8 Å². The second kappa shape index (κ2) is 12.0. The molecule has 0 heterocycles. The maximum absolute atomic E-state index is 5.86. The molecule has 1 rings (SSSR count). The maximum Gasteiger partial charge on any atom is 0.177 e. The lowest BCUT2D eigenvalue weighted by Gasteiger charge is -2.14. The van der Waals surface area contributed by atoms with E-state index in [1.54, 1.807) is 0 Å². The van der Waals surface area contributed by atoms with Crippen molar-refractivity contribution in [2.24, 2.45) is 27.3 Å². The lowest BCUT2D eigenvalue weighted by Crippen LogP contribution is -2.29. The van der Waals surface area contributed by atoms with Crippen molar-refractivity contribution in [1.82, 2.24) is 5.32 Å². The zero-order valence-corrected chi connectivity index (χ0v) is 15.6. The maximum atomic E-state index is 5.86. The van der Waals surface area contributed by atoms with E-state index in [-0.39, 0.29) is 24.0 Å².